The van der Waals surface area contributed by atoms with Crippen molar-refractivity contribution in [2.45, 2.75) is 18.4 Å². The third-order valence-corrected chi connectivity index (χ3v) is 2.52. The molecule has 1 aliphatic rings. The number of nitrogens with one attached hydrogen (secondary N) is 2. The van der Waals surface area contributed by atoms with Gasteiger partial charge >= 0.3 is 5.69 Å². The van der Waals surface area contributed by atoms with Gasteiger partial charge < -0.3 is 20.3 Å². The summed E-state index contributed by atoms with van der Waals surface area (Å²) in [4.78, 5) is 16.9. The first-order valence-electron chi connectivity index (χ1n) is 5.06. The summed E-state index contributed by atoms with van der Waals surface area (Å²) in [6.07, 6.45) is -0.932. The number of anilines is 1. The van der Waals surface area contributed by atoms with E-state index in [0.29, 0.717) is 11.4 Å². The Labute approximate surface area is 96.8 Å². The van der Waals surface area contributed by atoms with Crippen LogP contribution in [0, 0.1) is 0 Å². The van der Waals surface area contributed by atoms with Crippen molar-refractivity contribution in [3.05, 3.63) is 34.9 Å². The van der Waals surface area contributed by atoms with Crippen LogP contribution in [0.1, 0.15) is 0 Å². The molecule has 0 saturated carbocycles. The molecule has 17 heavy (non-hydrogen) atoms. The number of aromatic amines is 1. The van der Waals surface area contributed by atoms with Crippen LogP contribution in [-0.4, -0.2) is 45.2 Å². The van der Waals surface area contributed by atoms with Crippen LogP contribution >= 0.6 is 0 Å². The summed E-state index contributed by atoms with van der Waals surface area (Å²) in [5.74, 6) is 0.405. The first-order chi connectivity index (χ1) is 8.11. The van der Waals surface area contributed by atoms with Crippen LogP contribution in [0.25, 0.3) is 0 Å². The quantitative estimate of drug-likeness (QED) is 0.494. The van der Waals surface area contributed by atoms with E-state index >= 15 is 0 Å². The summed E-state index contributed by atoms with van der Waals surface area (Å²) in [5.41, 5.74) is -0.0837. The lowest BCUT2D eigenvalue weighted by Gasteiger charge is -2.14. The minimum Gasteiger partial charge on any atom is -0.394 e. The highest BCUT2D eigenvalue weighted by molar-refractivity contribution is 5.37. The molecule has 4 N–H and O–H groups in total. The molecule has 0 spiro atoms. The van der Waals surface area contributed by atoms with Crippen LogP contribution in [0.15, 0.2) is 29.2 Å². The summed E-state index contributed by atoms with van der Waals surface area (Å²) in [7, 11) is 0. The van der Waals surface area contributed by atoms with Crippen LogP contribution in [0.4, 0.5) is 5.82 Å². The van der Waals surface area contributed by atoms with Gasteiger partial charge in [-0.2, -0.15) is 0 Å². The third kappa shape index (κ3) is 2.36. The zero-order valence-electron chi connectivity index (χ0n) is 8.96. The minimum atomic E-state index is -0.925. The summed E-state index contributed by atoms with van der Waals surface area (Å²) in [5, 5.41) is 21.4. The van der Waals surface area contributed by atoms with E-state index in [2.05, 4.69) is 21.9 Å². The first-order valence-corrected chi connectivity index (χ1v) is 5.06. The predicted octanol–water partition coefficient (Wildman–Crippen LogP) is -1.18. The van der Waals surface area contributed by atoms with Gasteiger partial charge in [0.15, 0.2) is 6.23 Å². The van der Waals surface area contributed by atoms with Crippen LogP contribution in [0.2, 0.25) is 0 Å². The van der Waals surface area contributed by atoms with E-state index in [1.54, 1.807) is 6.07 Å². The molecule has 0 radical (unpaired) electrons. The first kappa shape index (κ1) is 11.8. The van der Waals surface area contributed by atoms with Crippen molar-refractivity contribution in [2.24, 2.45) is 0 Å². The number of aliphatic hydroxyl groups is 2. The normalized spacial score (nSPS) is 28.4. The molecule has 7 nitrogen and oxygen atoms in total. The zero-order chi connectivity index (χ0) is 12.4. The number of hydrogen-bond donors (Lipinski definition) is 4. The highest BCUT2D eigenvalue weighted by Crippen LogP contribution is 2.25. The van der Waals surface area contributed by atoms with E-state index in [1.807, 2.05) is 0 Å². The molecule has 1 fully saturated rings. The second-order valence-corrected chi connectivity index (χ2v) is 3.69. The number of rotatable bonds is 3. The second kappa shape index (κ2) is 4.66. The average molecular weight is 239 g/mol. The van der Waals surface area contributed by atoms with Gasteiger partial charge in [0.1, 0.15) is 18.0 Å². The van der Waals surface area contributed by atoms with Gasteiger partial charge in [-0.15, -0.1) is 0 Å². The molecular weight excluding hydrogens is 226 g/mol. The maximum Gasteiger partial charge on any atom is 0.346 e. The Balaban J connectivity index is 2.10. The number of aromatic nitrogens is 2. The molecule has 2 heterocycles. The SMILES string of the molecule is C=C1[C@@H](Nc2ccnc(=O)[nH]2)O[C@H](CO)[C@H]1O. The summed E-state index contributed by atoms with van der Waals surface area (Å²) in [6, 6.07) is 1.55. The van der Waals surface area contributed by atoms with Crippen molar-refractivity contribution in [1.82, 2.24) is 9.97 Å². The van der Waals surface area contributed by atoms with Crippen molar-refractivity contribution < 1.29 is 14.9 Å². The summed E-state index contributed by atoms with van der Waals surface area (Å²) < 4.78 is 5.33. The molecule has 0 amide bonds. The predicted molar refractivity (Wildman–Crippen MR) is 59.4 cm³/mol. The molecule has 0 unspecified atom stereocenters. The Morgan fingerprint density at radius 2 is 2.41 bits per heavy atom. The number of ether oxygens (including phenoxy) is 1. The average Bonchev–Trinajstić information content (AvgIpc) is 2.57. The highest BCUT2D eigenvalue weighted by Gasteiger charge is 2.37. The van der Waals surface area contributed by atoms with Crippen molar-refractivity contribution in [3.8, 4) is 0 Å². The van der Waals surface area contributed by atoms with Crippen LogP contribution < -0.4 is 11.0 Å². The molecule has 1 saturated heterocycles. The van der Waals surface area contributed by atoms with Gasteiger partial charge in [0.25, 0.3) is 0 Å². The maximum absolute atomic E-state index is 11.0. The van der Waals surface area contributed by atoms with Gasteiger partial charge in [-0.3, -0.25) is 4.98 Å². The molecule has 1 aliphatic heterocycles. The molecule has 2 rings (SSSR count). The Hall–Kier alpha value is -1.70. The van der Waals surface area contributed by atoms with Crippen LogP contribution in [-0.2, 0) is 4.74 Å². The van der Waals surface area contributed by atoms with Gasteiger partial charge in [0, 0.05) is 11.8 Å². The largest absolute Gasteiger partial charge is 0.394 e. The summed E-state index contributed by atoms with van der Waals surface area (Å²) >= 11 is 0. The van der Waals surface area contributed by atoms with Gasteiger partial charge in [0.2, 0.25) is 0 Å². The summed E-state index contributed by atoms with van der Waals surface area (Å²) in [6.45, 7) is 3.38. The lowest BCUT2D eigenvalue weighted by Crippen LogP contribution is -2.25. The maximum atomic E-state index is 11.0. The monoisotopic (exact) mass is 239 g/mol. The lowest BCUT2D eigenvalue weighted by atomic mass is 10.1. The molecule has 3 atom stereocenters. The van der Waals surface area contributed by atoms with Crippen molar-refractivity contribution in [3.63, 3.8) is 0 Å². The standard InChI is InChI=1S/C10H13N3O4/c1-5-8(15)6(4-14)17-9(5)12-7-2-3-11-10(16)13-7/h2-3,6,8-9,14-15H,1,4H2,(H2,11,12,13,16)/t6-,8+,9+/m1/s1. The molecular formula is C10H13N3O4. The topological polar surface area (TPSA) is 107 Å². The van der Waals surface area contributed by atoms with Crippen LogP contribution in [0.5, 0.6) is 0 Å². The smallest absolute Gasteiger partial charge is 0.346 e. The number of H-pyrrole nitrogens is 1. The minimum absolute atomic E-state index is 0.300. The fraction of sp³-hybridized carbons (Fsp3) is 0.400. The third-order valence-electron chi connectivity index (χ3n) is 2.52. The number of aliphatic hydroxyl groups excluding tert-OH is 2. The highest BCUT2D eigenvalue weighted by atomic mass is 16.5. The molecule has 0 bridgehead atoms. The lowest BCUT2D eigenvalue weighted by molar-refractivity contribution is -0.0149. The second-order valence-electron chi connectivity index (χ2n) is 3.69. The fourth-order valence-electron chi connectivity index (χ4n) is 1.59. The van der Waals surface area contributed by atoms with E-state index in [4.69, 9.17) is 9.84 Å². The van der Waals surface area contributed by atoms with E-state index < -0.39 is 24.1 Å². The molecule has 0 aliphatic carbocycles. The number of hydrogen-bond acceptors (Lipinski definition) is 6. The molecule has 1 aromatic rings. The number of nitrogens with zero attached hydrogens (tertiary/aromatic N) is 1. The zero-order valence-corrected chi connectivity index (χ0v) is 8.96. The van der Waals surface area contributed by atoms with Crippen molar-refractivity contribution in [2.75, 3.05) is 11.9 Å². The molecule has 0 aromatic carbocycles. The molecule has 92 valence electrons. The molecule has 1 aromatic heterocycles. The van der Waals surface area contributed by atoms with E-state index in [-0.39, 0.29) is 6.61 Å². The van der Waals surface area contributed by atoms with E-state index in [9.17, 15) is 9.90 Å². The van der Waals surface area contributed by atoms with Crippen molar-refractivity contribution in [1.29, 1.82) is 0 Å². The van der Waals surface area contributed by atoms with Crippen LogP contribution in [0.3, 0.4) is 0 Å². The van der Waals surface area contributed by atoms with Gasteiger partial charge in [-0.25, -0.2) is 9.78 Å². The van der Waals surface area contributed by atoms with E-state index in [0.717, 1.165) is 0 Å². The Kier molecular flexibility index (Phi) is 3.23. The van der Waals surface area contributed by atoms with Crippen molar-refractivity contribution >= 4 is 5.82 Å². The van der Waals surface area contributed by atoms with Gasteiger partial charge in [0.05, 0.1) is 6.61 Å². The fourth-order valence-corrected chi connectivity index (χ4v) is 1.59. The van der Waals surface area contributed by atoms with Gasteiger partial charge in [-0.1, -0.05) is 6.58 Å². The van der Waals surface area contributed by atoms with E-state index in [1.165, 1.54) is 6.20 Å². The van der Waals surface area contributed by atoms with Gasteiger partial charge in [-0.05, 0) is 6.07 Å². The Bertz CT molecular complexity index is 473. The molecule has 7 heteroatoms. The Morgan fingerprint density at radius 3 is 3.00 bits per heavy atom. The Morgan fingerprint density at radius 1 is 1.65 bits per heavy atom.